The highest BCUT2D eigenvalue weighted by atomic mass is 16.3. The van der Waals surface area contributed by atoms with Crippen LogP contribution in [0.2, 0.25) is 0 Å². The van der Waals surface area contributed by atoms with Gasteiger partial charge in [0.05, 0.1) is 12.2 Å². The van der Waals surface area contributed by atoms with Crippen LogP contribution >= 0.6 is 0 Å². The van der Waals surface area contributed by atoms with Gasteiger partial charge in [-0.05, 0) is 12.1 Å². The van der Waals surface area contributed by atoms with Crippen LogP contribution < -0.4 is 11.3 Å². The van der Waals surface area contributed by atoms with E-state index in [2.05, 4.69) is 15.3 Å². The molecule has 0 unspecified atom stereocenters. The second-order valence-electron chi connectivity index (χ2n) is 4.43. The lowest BCUT2D eigenvalue weighted by atomic mass is 10.2. The number of anilines is 1. The smallest absolute Gasteiger partial charge is 0.255 e. The average Bonchev–Trinajstić information content (AvgIpc) is 2.48. The Kier molecular flexibility index (Phi) is 4.67. The number of hydrogen-bond donors (Lipinski definition) is 3. The van der Waals surface area contributed by atoms with Crippen LogP contribution in [-0.4, -0.2) is 65.1 Å². The minimum atomic E-state index is -0.0141. The second-order valence-corrected chi connectivity index (χ2v) is 4.43. The largest absolute Gasteiger partial charge is 0.395 e. The van der Waals surface area contributed by atoms with E-state index < -0.39 is 0 Å². The topological polar surface area (TPSA) is 94.7 Å². The SMILES string of the molecule is NNc1ccc(C(=O)N2CCN(CCO)CC2)cn1. The number of aromatic nitrogens is 1. The van der Waals surface area contributed by atoms with E-state index in [1.807, 2.05) is 0 Å². The monoisotopic (exact) mass is 265 g/mol. The van der Waals surface area contributed by atoms with Crippen molar-refractivity contribution in [1.82, 2.24) is 14.8 Å². The average molecular weight is 265 g/mol. The summed E-state index contributed by atoms with van der Waals surface area (Å²) in [6.45, 7) is 3.77. The standard InChI is InChI=1S/C12H19N5O2/c13-15-11-2-1-10(9-14-11)12(19)17-5-3-16(4-6-17)7-8-18/h1-2,9,18H,3-8,13H2,(H,14,15). The van der Waals surface area contributed by atoms with Crippen molar-refractivity contribution >= 4 is 11.7 Å². The first-order chi connectivity index (χ1) is 9.24. The number of pyridine rings is 1. The molecule has 1 amide bonds. The molecule has 1 aromatic rings. The summed E-state index contributed by atoms with van der Waals surface area (Å²) in [4.78, 5) is 20.2. The van der Waals surface area contributed by atoms with Crippen LogP contribution in [0.25, 0.3) is 0 Å². The fraction of sp³-hybridized carbons (Fsp3) is 0.500. The Morgan fingerprint density at radius 3 is 2.63 bits per heavy atom. The number of piperazine rings is 1. The zero-order valence-electron chi connectivity index (χ0n) is 10.7. The number of aliphatic hydroxyl groups is 1. The zero-order valence-corrected chi connectivity index (χ0v) is 10.7. The molecule has 0 aliphatic carbocycles. The summed E-state index contributed by atoms with van der Waals surface area (Å²) in [7, 11) is 0. The van der Waals surface area contributed by atoms with Crippen LogP contribution in [0.3, 0.4) is 0 Å². The summed E-state index contributed by atoms with van der Waals surface area (Å²) in [5, 5.41) is 8.87. The molecule has 1 aliphatic heterocycles. The van der Waals surface area contributed by atoms with Crippen molar-refractivity contribution in [3.05, 3.63) is 23.9 Å². The molecule has 1 saturated heterocycles. The van der Waals surface area contributed by atoms with Gasteiger partial charge in [0.15, 0.2) is 0 Å². The molecule has 19 heavy (non-hydrogen) atoms. The Bertz CT molecular complexity index is 415. The summed E-state index contributed by atoms with van der Waals surface area (Å²) in [5.41, 5.74) is 2.99. The van der Waals surface area contributed by atoms with Crippen LogP contribution in [0.4, 0.5) is 5.82 Å². The third-order valence-corrected chi connectivity index (χ3v) is 3.23. The van der Waals surface area contributed by atoms with Crippen molar-refractivity contribution in [3.63, 3.8) is 0 Å². The van der Waals surface area contributed by atoms with Crippen molar-refractivity contribution in [1.29, 1.82) is 0 Å². The van der Waals surface area contributed by atoms with Crippen LogP contribution in [0, 0.1) is 0 Å². The van der Waals surface area contributed by atoms with E-state index in [1.165, 1.54) is 6.20 Å². The van der Waals surface area contributed by atoms with Crippen LogP contribution in [0.15, 0.2) is 18.3 Å². The minimum Gasteiger partial charge on any atom is -0.395 e. The number of β-amino-alcohol motifs (C(OH)–C–C–N with tert-alkyl or cyclic N) is 1. The molecule has 4 N–H and O–H groups in total. The van der Waals surface area contributed by atoms with E-state index in [-0.39, 0.29) is 12.5 Å². The van der Waals surface area contributed by atoms with Gasteiger partial charge in [-0.2, -0.15) is 0 Å². The number of hydrogen-bond acceptors (Lipinski definition) is 6. The van der Waals surface area contributed by atoms with Gasteiger partial charge >= 0.3 is 0 Å². The number of amides is 1. The number of nitrogens with one attached hydrogen (secondary N) is 1. The maximum absolute atomic E-state index is 12.2. The molecule has 1 aliphatic rings. The highest BCUT2D eigenvalue weighted by molar-refractivity contribution is 5.94. The van der Waals surface area contributed by atoms with E-state index in [9.17, 15) is 4.79 Å². The number of nitrogens with two attached hydrogens (primary N) is 1. The quantitative estimate of drug-likeness (QED) is 0.483. The minimum absolute atomic E-state index is 0.0141. The van der Waals surface area contributed by atoms with E-state index in [0.29, 0.717) is 31.0 Å². The van der Waals surface area contributed by atoms with Gasteiger partial charge in [-0.1, -0.05) is 0 Å². The Balaban J connectivity index is 1.93. The van der Waals surface area contributed by atoms with E-state index in [4.69, 9.17) is 10.9 Å². The Hall–Kier alpha value is -1.70. The van der Waals surface area contributed by atoms with Crippen molar-refractivity contribution in [2.24, 2.45) is 5.84 Å². The molecule has 0 aromatic carbocycles. The van der Waals surface area contributed by atoms with Gasteiger partial charge in [-0.25, -0.2) is 10.8 Å². The first kappa shape index (κ1) is 13.7. The van der Waals surface area contributed by atoms with Gasteiger partial charge < -0.3 is 15.4 Å². The molecule has 7 heteroatoms. The van der Waals surface area contributed by atoms with Crippen LogP contribution in [-0.2, 0) is 0 Å². The van der Waals surface area contributed by atoms with E-state index in [1.54, 1.807) is 17.0 Å². The molecule has 2 heterocycles. The number of nitrogen functional groups attached to an aromatic ring is 1. The molecule has 0 spiro atoms. The first-order valence-corrected chi connectivity index (χ1v) is 6.29. The fourth-order valence-electron chi connectivity index (χ4n) is 2.10. The number of carbonyl (C=O) groups excluding carboxylic acids is 1. The first-order valence-electron chi connectivity index (χ1n) is 6.29. The number of carbonyl (C=O) groups is 1. The number of nitrogens with zero attached hydrogens (tertiary/aromatic N) is 3. The summed E-state index contributed by atoms with van der Waals surface area (Å²) in [6.07, 6.45) is 1.53. The van der Waals surface area contributed by atoms with Gasteiger partial charge in [0.25, 0.3) is 5.91 Å². The molecule has 2 rings (SSSR count). The maximum Gasteiger partial charge on any atom is 0.255 e. The van der Waals surface area contributed by atoms with Gasteiger partial charge in [0.2, 0.25) is 0 Å². The van der Waals surface area contributed by atoms with E-state index >= 15 is 0 Å². The molecule has 1 aromatic heterocycles. The summed E-state index contributed by atoms with van der Waals surface area (Å²) < 4.78 is 0. The lowest BCUT2D eigenvalue weighted by Crippen LogP contribution is -2.49. The van der Waals surface area contributed by atoms with Gasteiger partial charge in [0, 0.05) is 38.9 Å². The third-order valence-electron chi connectivity index (χ3n) is 3.23. The van der Waals surface area contributed by atoms with Crippen LogP contribution in [0.1, 0.15) is 10.4 Å². The molecule has 0 atom stereocenters. The molecule has 104 valence electrons. The molecular formula is C12H19N5O2. The van der Waals surface area contributed by atoms with Gasteiger partial charge in [-0.3, -0.25) is 9.69 Å². The van der Waals surface area contributed by atoms with Crippen molar-refractivity contribution in [2.45, 2.75) is 0 Å². The van der Waals surface area contributed by atoms with Crippen molar-refractivity contribution in [2.75, 3.05) is 44.8 Å². The van der Waals surface area contributed by atoms with Gasteiger partial charge in [0.1, 0.15) is 5.82 Å². The molecule has 0 radical (unpaired) electrons. The Labute approximate surface area is 112 Å². The summed E-state index contributed by atoms with van der Waals surface area (Å²) >= 11 is 0. The fourth-order valence-corrected chi connectivity index (χ4v) is 2.10. The number of hydrazine groups is 1. The molecular weight excluding hydrogens is 246 g/mol. The number of aliphatic hydroxyl groups excluding tert-OH is 1. The van der Waals surface area contributed by atoms with E-state index in [0.717, 1.165) is 13.1 Å². The Morgan fingerprint density at radius 2 is 2.11 bits per heavy atom. The third kappa shape index (κ3) is 3.40. The predicted octanol–water partition coefficient (Wildman–Crippen LogP) is -0.883. The lowest BCUT2D eigenvalue weighted by molar-refractivity contribution is 0.0614. The lowest BCUT2D eigenvalue weighted by Gasteiger charge is -2.34. The predicted molar refractivity (Wildman–Crippen MR) is 71.5 cm³/mol. The molecule has 7 nitrogen and oxygen atoms in total. The summed E-state index contributed by atoms with van der Waals surface area (Å²) in [6, 6.07) is 3.39. The maximum atomic E-state index is 12.2. The molecule has 0 saturated carbocycles. The van der Waals surface area contributed by atoms with Crippen molar-refractivity contribution in [3.8, 4) is 0 Å². The Morgan fingerprint density at radius 1 is 1.37 bits per heavy atom. The normalized spacial score (nSPS) is 16.4. The van der Waals surface area contributed by atoms with Crippen LogP contribution in [0.5, 0.6) is 0 Å². The molecule has 0 bridgehead atoms. The zero-order chi connectivity index (χ0) is 13.7. The highest BCUT2D eigenvalue weighted by Crippen LogP contribution is 2.09. The van der Waals surface area contributed by atoms with Crippen molar-refractivity contribution < 1.29 is 9.90 Å². The van der Waals surface area contributed by atoms with Gasteiger partial charge in [-0.15, -0.1) is 0 Å². The number of rotatable bonds is 4. The second kappa shape index (κ2) is 6.46. The molecule has 1 fully saturated rings. The summed E-state index contributed by atoms with van der Waals surface area (Å²) in [5.74, 6) is 5.75. The highest BCUT2D eigenvalue weighted by Gasteiger charge is 2.21.